The number of carbonyl (C=O) groups is 2. The summed E-state index contributed by atoms with van der Waals surface area (Å²) < 4.78 is 0. The highest BCUT2D eigenvalue weighted by Crippen LogP contribution is 2.53. The Balaban J connectivity index is 1.29. The van der Waals surface area contributed by atoms with Crippen LogP contribution in [-0.2, 0) is 4.79 Å². The molecule has 0 aromatic carbocycles. The van der Waals surface area contributed by atoms with E-state index in [4.69, 9.17) is 0 Å². The molecule has 0 radical (unpaired) electrons. The van der Waals surface area contributed by atoms with Crippen molar-refractivity contribution in [2.75, 3.05) is 13.1 Å². The van der Waals surface area contributed by atoms with Gasteiger partial charge in [-0.1, -0.05) is 12.8 Å². The molecule has 2 N–H and O–H groups in total. The Labute approximate surface area is 155 Å². The highest BCUT2D eigenvalue weighted by molar-refractivity contribution is 5.94. The van der Waals surface area contributed by atoms with Crippen LogP contribution in [0, 0.1) is 11.3 Å². The number of hydrogen-bond acceptors (Lipinski definition) is 2. The van der Waals surface area contributed by atoms with Crippen LogP contribution in [0.25, 0.3) is 0 Å². The molecule has 4 rings (SSSR count). The molecule has 2 heterocycles. The number of nitrogens with one attached hydrogen (secondary N) is 2. The van der Waals surface area contributed by atoms with E-state index < -0.39 is 0 Å². The maximum Gasteiger partial charge on any atom is 0.255 e. The first-order valence-corrected chi connectivity index (χ1v) is 10.4. The summed E-state index contributed by atoms with van der Waals surface area (Å²) in [6.45, 7) is 1.51. The number of amides is 2. The second-order valence-corrected chi connectivity index (χ2v) is 8.68. The van der Waals surface area contributed by atoms with Crippen LogP contribution in [0.4, 0.5) is 0 Å². The molecule has 2 unspecified atom stereocenters. The van der Waals surface area contributed by atoms with Gasteiger partial charge >= 0.3 is 0 Å². The first kappa shape index (κ1) is 17.6. The smallest absolute Gasteiger partial charge is 0.255 e. The topological polar surface area (TPSA) is 65.2 Å². The monoisotopic (exact) mass is 357 g/mol. The third-order valence-electron chi connectivity index (χ3n) is 6.93. The van der Waals surface area contributed by atoms with Crippen LogP contribution in [0.1, 0.15) is 74.6 Å². The highest BCUT2D eigenvalue weighted by atomic mass is 16.2. The molecule has 2 amide bonds. The lowest BCUT2D eigenvalue weighted by atomic mass is 9.58. The van der Waals surface area contributed by atoms with Gasteiger partial charge in [0, 0.05) is 37.4 Å². The summed E-state index contributed by atoms with van der Waals surface area (Å²) in [7, 11) is 0. The molecule has 142 valence electrons. The third kappa shape index (κ3) is 3.67. The summed E-state index contributed by atoms with van der Waals surface area (Å²) in [5, 5.41) is 3.33. The van der Waals surface area contributed by atoms with Gasteiger partial charge in [0.15, 0.2) is 0 Å². The van der Waals surface area contributed by atoms with Crippen molar-refractivity contribution in [1.82, 2.24) is 15.2 Å². The standard InChI is InChI=1S/C21H31N3O2/c25-19(16-4-1-8-21(14-16)9-3-10-21)23-18-5-2-12-24(13-7-18)20(26)17-6-11-22-15-17/h6,11,15-16,18,22H,1-5,7-10,12-14H2,(H,23,25). The number of likely N-dealkylation sites (tertiary alicyclic amines) is 1. The molecule has 3 aliphatic rings. The number of aromatic nitrogens is 1. The predicted molar refractivity (Wildman–Crippen MR) is 101 cm³/mol. The molecule has 1 aromatic heterocycles. The van der Waals surface area contributed by atoms with Crippen LogP contribution < -0.4 is 5.32 Å². The minimum atomic E-state index is 0.0948. The molecule has 3 fully saturated rings. The molecule has 1 aliphatic heterocycles. The number of hydrogen-bond donors (Lipinski definition) is 2. The van der Waals surface area contributed by atoms with Crippen LogP contribution in [0.2, 0.25) is 0 Å². The fraction of sp³-hybridized carbons (Fsp3) is 0.714. The van der Waals surface area contributed by atoms with Crippen molar-refractivity contribution in [1.29, 1.82) is 0 Å². The molecule has 5 nitrogen and oxygen atoms in total. The van der Waals surface area contributed by atoms with Crippen molar-refractivity contribution in [3.8, 4) is 0 Å². The Morgan fingerprint density at radius 3 is 2.65 bits per heavy atom. The van der Waals surface area contributed by atoms with Crippen molar-refractivity contribution < 1.29 is 9.59 Å². The molecule has 2 saturated carbocycles. The zero-order valence-corrected chi connectivity index (χ0v) is 15.6. The average Bonchev–Trinajstić information content (AvgIpc) is 3.07. The molecular formula is C21H31N3O2. The van der Waals surface area contributed by atoms with Crippen LogP contribution >= 0.6 is 0 Å². The summed E-state index contributed by atoms with van der Waals surface area (Å²) in [5.41, 5.74) is 1.23. The zero-order chi connectivity index (χ0) is 18.0. The van der Waals surface area contributed by atoms with E-state index in [1.165, 1.54) is 32.1 Å². The van der Waals surface area contributed by atoms with Crippen LogP contribution in [0.3, 0.4) is 0 Å². The van der Waals surface area contributed by atoms with Gasteiger partial charge in [0.1, 0.15) is 0 Å². The molecule has 5 heteroatoms. The second kappa shape index (κ2) is 7.45. The van der Waals surface area contributed by atoms with Crippen LogP contribution in [0.5, 0.6) is 0 Å². The van der Waals surface area contributed by atoms with Gasteiger partial charge in [0.2, 0.25) is 5.91 Å². The lowest BCUT2D eigenvalue weighted by Crippen LogP contribution is -2.44. The Bertz CT molecular complexity index is 636. The largest absolute Gasteiger partial charge is 0.367 e. The fourth-order valence-electron chi connectivity index (χ4n) is 5.21. The van der Waals surface area contributed by atoms with Crippen molar-refractivity contribution in [3.05, 3.63) is 24.0 Å². The minimum absolute atomic E-state index is 0.0948. The van der Waals surface area contributed by atoms with E-state index in [1.54, 1.807) is 12.4 Å². The first-order chi connectivity index (χ1) is 12.7. The van der Waals surface area contributed by atoms with E-state index in [0.29, 0.717) is 5.41 Å². The van der Waals surface area contributed by atoms with Gasteiger partial charge in [-0.2, -0.15) is 0 Å². The van der Waals surface area contributed by atoms with Gasteiger partial charge in [0.25, 0.3) is 5.91 Å². The Morgan fingerprint density at radius 1 is 1.08 bits per heavy atom. The van der Waals surface area contributed by atoms with E-state index in [0.717, 1.165) is 50.8 Å². The Morgan fingerprint density at radius 2 is 1.92 bits per heavy atom. The van der Waals surface area contributed by atoms with Gasteiger partial charge in [-0.25, -0.2) is 0 Å². The van der Waals surface area contributed by atoms with Gasteiger partial charge in [-0.05, 0) is 62.8 Å². The van der Waals surface area contributed by atoms with Crippen molar-refractivity contribution in [2.45, 2.75) is 70.3 Å². The fourth-order valence-corrected chi connectivity index (χ4v) is 5.21. The van der Waals surface area contributed by atoms with Gasteiger partial charge in [0.05, 0.1) is 5.56 Å². The van der Waals surface area contributed by atoms with E-state index in [-0.39, 0.29) is 23.8 Å². The Kier molecular flexibility index (Phi) is 5.05. The molecule has 1 saturated heterocycles. The van der Waals surface area contributed by atoms with Gasteiger partial charge in [-0.3, -0.25) is 9.59 Å². The second-order valence-electron chi connectivity index (χ2n) is 8.68. The zero-order valence-electron chi connectivity index (χ0n) is 15.6. The average molecular weight is 357 g/mol. The summed E-state index contributed by atoms with van der Waals surface area (Å²) >= 11 is 0. The lowest BCUT2D eigenvalue weighted by molar-refractivity contribution is -0.129. The summed E-state index contributed by atoms with van der Waals surface area (Å²) in [4.78, 5) is 30.2. The van der Waals surface area contributed by atoms with Crippen LogP contribution in [-0.4, -0.2) is 40.8 Å². The van der Waals surface area contributed by atoms with E-state index in [2.05, 4.69) is 10.3 Å². The van der Waals surface area contributed by atoms with Crippen molar-refractivity contribution in [3.63, 3.8) is 0 Å². The number of rotatable bonds is 3. The summed E-state index contributed by atoms with van der Waals surface area (Å²) in [6, 6.07) is 2.04. The predicted octanol–water partition coefficient (Wildman–Crippen LogP) is 3.49. The Hall–Kier alpha value is -1.78. The molecule has 26 heavy (non-hydrogen) atoms. The van der Waals surface area contributed by atoms with E-state index in [1.807, 2.05) is 11.0 Å². The third-order valence-corrected chi connectivity index (χ3v) is 6.93. The van der Waals surface area contributed by atoms with E-state index in [9.17, 15) is 9.59 Å². The number of nitrogens with zero attached hydrogens (tertiary/aromatic N) is 1. The minimum Gasteiger partial charge on any atom is -0.367 e. The summed E-state index contributed by atoms with van der Waals surface area (Å²) in [5.74, 6) is 0.578. The summed E-state index contributed by atoms with van der Waals surface area (Å²) in [6.07, 6.45) is 15.0. The quantitative estimate of drug-likeness (QED) is 0.870. The van der Waals surface area contributed by atoms with Gasteiger partial charge < -0.3 is 15.2 Å². The highest BCUT2D eigenvalue weighted by Gasteiger charge is 2.43. The first-order valence-electron chi connectivity index (χ1n) is 10.4. The molecular weight excluding hydrogens is 326 g/mol. The normalized spacial score (nSPS) is 28.2. The lowest BCUT2D eigenvalue weighted by Gasteiger charge is -2.47. The maximum atomic E-state index is 12.8. The van der Waals surface area contributed by atoms with Crippen molar-refractivity contribution >= 4 is 11.8 Å². The SMILES string of the molecule is O=C(NC1CCCN(C(=O)c2cc[nH]c2)CC1)C1CCCC2(CCC2)C1. The van der Waals surface area contributed by atoms with Crippen LogP contribution in [0.15, 0.2) is 18.5 Å². The van der Waals surface area contributed by atoms with Gasteiger partial charge in [-0.15, -0.1) is 0 Å². The molecule has 0 bridgehead atoms. The van der Waals surface area contributed by atoms with E-state index >= 15 is 0 Å². The van der Waals surface area contributed by atoms with Crippen molar-refractivity contribution in [2.24, 2.45) is 11.3 Å². The number of carbonyl (C=O) groups excluding carboxylic acids is 2. The molecule has 2 atom stereocenters. The molecule has 1 spiro atoms. The number of H-pyrrole nitrogens is 1. The molecule has 2 aliphatic carbocycles. The number of aromatic amines is 1. The molecule has 1 aromatic rings. The maximum absolute atomic E-state index is 12.8.